The molecule has 0 aliphatic carbocycles. The zero-order chi connectivity index (χ0) is 13.5. The summed E-state index contributed by atoms with van der Waals surface area (Å²) in [6.45, 7) is 12.2. The van der Waals surface area contributed by atoms with Crippen molar-refractivity contribution in [2.24, 2.45) is 5.41 Å². The Morgan fingerprint density at radius 1 is 1.33 bits per heavy atom. The molecule has 0 aromatic carbocycles. The largest absolute Gasteiger partial charge is 0.378 e. The average Bonchev–Trinajstić information content (AvgIpc) is 2.69. The van der Waals surface area contributed by atoms with Crippen LogP contribution in [0, 0.1) is 5.41 Å². The molecule has 0 amide bonds. The average molecular weight is 251 g/mol. The van der Waals surface area contributed by atoms with Gasteiger partial charge in [0, 0.05) is 18.5 Å². The standard InChI is InChI=1S/C14H25N3O/c1-9(2)12-10-6-7-17(8-11(10)15-16-12)13(18)14(3,4)5/h9,13,18H,6-8H2,1-5H3,(H,15,16). The van der Waals surface area contributed by atoms with Crippen molar-refractivity contribution in [1.82, 2.24) is 15.1 Å². The first kappa shape index (κ1) is 13.6. The SMILES string of the molecule is CC(C)c1n[nH]c2c1CCN(C(O)C(C)(C)C)C2. The summed E-state index contributed by atoms with van der Waals surface area (Å²) in [5.41, 5.74) is 3.61. The van der Waals surface area contributed by atoms with E-state index in [-0.39, 0.29) is 5.41 Å². The lowest BCUT2D eigenvalue weighted by Crippen LogP contribution is -2.46. The fourth-order valence-corrected chi connectivity index (χ4v) is 2.60. The number of aliphatic hydroxyl groups is 1. The number of nitrogens with zero attached hydrogens (tertiary/aromatic N) is 2. The van der Waals surface area contributed by atoms with Crippen LogP contribution in [0.15, 0.2) is 0 Å². The van der Waals surface area contributed by atoms with E-state index in [1.165, 1.54) is 17.0 Å². The molecule has 4 heteroatoms. The summed E-state index contributed by atoms with van der Waals surface area (Å²) in [6, 6.07) is 0. The number of hydrogen-bond acceptors (Lipinski definition) is 3. The number of H-pyrrole nitrogens is 1. The summed E-state index contributed by atoms with van der Waals surface area (Å²) in [5, 5.41) is 17.9. The van der Waals surface area contributed by atoms with E-state index in [0.717, 1.165) is 19.5 Å². The predicted octanol–water partition coefficient (Wildman–Crippen LogP) is 2.26. The minimum atomic E-state index is -0.406. The molecule has 2 heterocycles. The van der Waals surface area contributed by atoms with E-state index in [2.05, 4.69) is 49.7 Å². The number of rotatable bonds is 2. The number of nitrogens with one attached hydrogen (secondary N) is 1. The molecule has 0 spiro atoms. The van der Waals surface area contributed by atoms with Crippen LogP contribution in [0.5, 0.6) is 0 Å². The van der Waals surface area contributed by atoms with E-state index < -0.39 is 6.23 Å². The minimum absolute atomic E-state index is 0.113. The van der Waals surface area contributed by atoms with Gasteiger partial charge < -0.3 is 5.11 Å². The Balaban J connectivity index is 2.16. The molecule has 0 saturated heterocycles. The Hall–Kier alpha value is -0.870. The summed E-state index contributed by atoms with van der Waals surface area (Å²) in [6.07, 6.45) is 0.573. The van der Waals surface area contributed by atoms with Gasteiger partial charge in [-0.3, -0.25) is 10.00 Å². The second kappa shape index (κ2) is 4.67. The van der Waals surface area contributed by atoms with Gasteiger partial charge in [0.2, 0.25) is 0 Å². The Morgan fingerprint density at radius 3 is 2.56 bits per heavy atom. The lowest BCUT2D eigenvalue weighted by Gasteiger charge is -2.38. The summed E-state index contributed by atoms with van der Waals surface area (Å²) >= 11 is 0. The summed E-state index contributed by atoms with van der Waals surface area (Å²) < 4.78 is 0. The molecule has 4 nitrogen and oxygen atoms in total. The maximum Gasteiger partial charge on any atom is 0.112 e. The van der Waals surface area contributed by atoms with Gasteiger partial charge in [0.05, 0.1) is 11.4 Å². The Morgan fingerprint density at radius 2 is 2.00 bits per heavy atom. The third-order valence-electron chi connectivity index (χ3n) is 3.66. The molecule has 2 rings (SSSR count). The molecule has 102 valence electrons. The summed E-state index contributed by atoms with van der Waals surface area (Å²) in [4.78, 5) is 2.13. The zero-order valence-electron chi connectivity index (χ0n) is 12.1. The molecule has 1 aromatic rings. The molecule has 18 heavy (non-hydrogen) atoms. The van der Waals surface area contributed by atoms with Crippen LogP contribution < -0.4 is 0 Å². The molecule has 2 N–H and O–H groups in total. The maximum atomic E-state index is 10.3. The molecule has 1 aromatic heterocycles. The van der Waals surface area contributed by atoms with Crippen LogP contribution in [0.25, 0.3) is 0 Å². The van der Waals surface area contributed by atoms with Crippen LogP contribution >= 0.6 is 0 Å². The van der Waals surface area contributed by atoms with Crippen molar-refractivity contribution in [3.8, 4) is 0 Å². The van der Waals surface area contributed by atoms with E-state index in [4.69, 9.17) is 0 Å². The second-order valence-corrected chi connectivity index (χ2v) is 6.68. The molecule has 1 aliphatic rings. The lowest BCUT2D eigenvalue weighted by atomic mass is 9.91. The van der Waals surface area contributed by atoms with Crippen molar-refractivity contribution in [2.75, 3.05) is 6.54 Å². The smallest absolute Gasteiger partial charge is 0.112 e. The normalized spacial score (nSPS) is 19.1. The van der Waals surface area contributed by atoms with E-state index in [9.17, 15) is 5.11 Å². The highest BCUT2D eigenvalue weighted by atomic mass is 16.3. The Labute approximate surface area is 109 Å². The fraction of sp³-hybridized carbons (Fsp3) is 0.786. The van der Waals surface area contributed by atoms with Crippen LogP contribution in [0.3, 0.4) is 0 Å². The molecule has 1 aliphatic heterocycles. The first-order valence-electron chi connectivity index (χ1n) is 6.79. The number of fused-ring (bicyclic) bond motifs is 1. The van der Waals surface area contributed by atoms with Crippen molar-refractivity contribution in [2.45, 2.75) is 59.7 Å². The van der Waals surface area contributed by atoms with Gasteiger partial charge >= 0.3 is 0 Å². The highest BCUT2D eigenvalue weighted by Gasteiger charge is 2.32. The third-order valence-corrected chi connectivity index (χ3v) is 3.66. The van der Waals surface area contributed by atoms with Gasteiger partial charge in [0.25, 0.3) is 0 Å². The van der Waals surface area contributed by atoms with Crippen LogP contribution in [0.2, 0.25) is 0 Å². The van der Waals surface area contributed by atoms with Gasteiger partial charge in [0.1, 0.15) is 6.23 Å². The molecule has 0 radical (unpaired) electrons. The van der Waals surface area contributed by atoms with E-state index in [1.807, 2.05) is 0 Å². The van der Waals surface area contributed by atoms with Crippen molar-refractivity contribution in [3.05, 3.63) is 17.0 Å². The summed E-state index contributed by atoms with van der Waals surface area (Å²) in [5.74, 6) is 0.462. The Bertz CT molecular complexity index is 417. The van der Waals surface area contributed by atoms with Crippen LogP contribution in [0.4, 0.5) is 0 Å². The van der Waals surface area contributed by atoms with Crippen molar-refractivity contribution >= 4 is 0 Å². The second-order valence-electron chi connectivity index (χ2n) is 6.68. The zero-order valence-corrected chi connectivity index (χ0v) is 12.1. The van der Waals surface area contributed by atoms with Crippen molar-refractivity contribution in [1.29, 1.82) is 0 Å². The van der Waals surface area contributed by atoms with E-state index >= 15 is 0 Å². The fourth-order valence-electron chi connectivity index (χ4n) is 2.60. The van der Waals surface area contributed by atoms with Crippen LogP contribution in [0.1, 0.15) is 57.5 Å². The molecule has 1 unspecified atom stereocenters. The predicted molar refractivity (Wildman–Crippen MR) is 72.3 cm³/mol. The Kier molecular flexibility index (Phi) is 3.52. The van der Waals surface area contributed by atoms with Crippen molar-refractivity contribution in [3.63, 3.8) is 0 Å². The topological polar surface area (TPSA) is 52.2 Å². The van der Waals surface area contributed by atoms with Crippen molar-refractivity contribution < 1.29 is 5.11 Å². The molecule has 0 saturated carbocycles. The van der Waals surface area contributed by atoms with E-state index in [1.54, 1.807) is 0 Å². The number of aliphatic hydroxyl groups excluding tert-OH is 1. The van der Waals surface area contributed by atoms with Gasteiger partial charge in [-0.1, -0.05) is 34.6 Å². The van der Waals surface area contributed by atoms with Gasteiger partial charge in [-0.05, 0) is 17.9 Å². The number of aromatic nitrogens is 2. The number of aromatic amines is 1. The molecule has 1 atom stereocenters. The molecule has 0 bridgehead atoms. The monoisotopic (exact) mass is 251 g/mol. The number of hydrogen-bond donors (Lipinski definition) is 2. The first-order chi connectivity index (χ1) is 8.30. The van der Waals surface area contributed by atoms with Gasteiger partial charge in [0.15, 0.2) is 0 Å². The minimum Gasteiger partial charge on any atom is -0.378 e. The molecule has 0 fully saturated rings. The lowest BCUT2D eigenvalue weighted by molar-refractivity contribution is -0.0780. The van der Waals surface area contributed by atoms with E-state index in [0.29, 0.717) is 5.92 Å². The summed E-state index contributed by atoms with van der Waals surface area (Å²) in [7, 11) is 0. The van der Waals surface area contributed by atoms with Gasteiger partial charge in [-0.25, -0.2) is 0 Å². The first-order valence-corrected chi connectivity index (χ1v) is 6.79. The van der Waals surface area contributed by atoms with Crippen LogP contribution in [-0.4, -0.2) is 33.0 Å². The maximum absolute atomic E-state index is 10.3. The molecular formula is C14H25N3O. The molecular weight excluding hydrogens is 226 g/mol. The van der Waals surface area contributed by atoms with Crippen LogP contribution in [-0.2, 0) is 13.0 Å². The van der Waals surface area contributed by atoms with Gasteiger partial charge in [-0.15, -0.1) is 0 Å². The highest BCUT2D eigenvalue weighted by molar-refractivity contribution is 5.29. The quantitative estimate of drug-likeness (QED) is 0.847. The van der Waals surface area contributed by atoms with Gasteiger partial charge in [-0.2, -0.15) is 5.10 Å². The highest BCUT2D eigenvalue weighted by Crippen LogP contribution is 2.29. The third kappa shape index (κ3) is 2.45.